The Morgan fingerprint density at radius 2 is 2.35 bits per heavy atom. The Morgan fingerprint density at radius 1 is 1.43 bits per heavy atom. The number of piperidine rings is 1. The van der Waals surface area contributed by atoms with Crippen LogP contribution in [0.15, 0.2) is 22.7 Å². The normalized spacial score (nSPS) is 18.1. The van der Waals surface area contributed by atoms with Crippen LogP contribution in [-0.4, -0.2) is 29.8 Å². The van der Waals surface area contributed by atoms with Gasteiger partial charge in [0.1, 0.15) is 5.75 Å². The van der Waals surface area contributed by atoms with Crippen LogP contribution < -0.4 is 10.1 Å². The van der Waals surface area contributed by atoms with Gasteiger partial charge in [-0.2, -0.15) is 4.98 Å². The number of rotatable bonds is 6. The number of ether oxygens (including phenoxy) is 1. The van der Waals surface area contributed by atoms with Crippen LogP contribution in [0.25, 0.3) is 11.4 Å². The van der Waals surface area contributed by atoms with Crippen molar-refractivity contribution in [2.24, 2.45) is 0 Å². The van der Waals surface area contributed by atoms with Crippen LogP contribution >= 0.6 is 11.6 Å². The average molecular weight is 336 g/mol. The van der Waals surface area contributed by atoms with E-state index in [1.165, 1.54) is 0 Å². The molecule has 2 aromatic rings. The summed E-state index contributed by atoms with van der Waals surface area (Å²) >= 11 is 6.13. The highest BCUT2D eigenvalue weighted by molar-refractivity contribution is 6.30. The Morgan fingerprint density at radius 3 is 3.13 bits per heavy atom. The monoisotopic (exact) mass is 335 g/mol. The third kappa shape index (κ3) is 4.03. The lowest BCUT2D eigenvalue weighted by Crippen LogP contribution is -2.28. The van der Waals surface area contributed by atoms with Gasteiger partial charge in [-0.25, -0.2) is 0 Å². The number of nitrogens with one attached hydrogen (secondary N) is 1. The van der Waals surface area contributed by atoms with Crippen LogP contribution in [0, 0.1) is 0 Å². The minimum absolute atomic E-state index is 0.286. The van der Waals surface area contributed by atoms with Gasteiger partial charge in [-0.3, -0.25) is 0 Å². The molecule has 0 spiro atoms. The SMILES string of the molecule is CCCCOc1ccc(Cl)cc1-c1noc([C@@H]2CCCNC2)n1. The second-order valence-electron chi connectivity index (χ2n) is 5.84. The molecule has 2 heterocycles. The summed E-state index contributed by atoms with van der Waals surface area (Å²) < 4.78 is 11.3. The van der Waals surface area contributed by atoms with E-state index in [2.05, 4.69) is 22.4 Å². The summed E-state index contributed by atoms with van der Waals surface area (Å²) in [7, 11) is 0. The fourth-order valence-electron chi connectivity index (χ4n) is 2.70. The van der Waals surface area contributed by atoms with E-state index >= 15 is 0 Å². The summed E-state index contributed by atoms with van der Waals surface area (Å²) in [5.41, 5.74) is 0.785. The first-order chi connectivity index (χ1) is 11.3. The highest BCUT2D eigenvalue weighted by atomic mass is 35.5. The second-order valence-corrected chi connectivity index (χ2v) is 6.28. The van der Waals surface area contributed by atoms with Crippen molar-refractivity contribution < 1.29 is 9.26 Å². The van der Waals surface area contributed by atoms with Crippen molar-refractivity contribution in [2.45, 2.75) is 38.5 Å². The van der Waals surface area contributed by atoms with Gasteiger partial charge >= 0.3 is 0 Å². The highest BCUT2D eigenvalue weighted by Gasteiger charge is 2.23. The van der Waals surface area contributed by atoms with Crippen LogP contribution in [0.3, 0.4) is 0 Å². The van der Waals surface area contributed by atoms with E-state index in [0.717, 1.165) is 50.1 Å². The van der Waals surface area contributed by atoms with Crippen molar-refractivity contribution in [3.63, 3.8) is 0 Å². The predicted octanol–water partition coefficient (Wildman–Crippen LogP) is 4.04. The summed E-state index contributed by atoms with van der Waals surface area (Å²) in [5.74, 6) is 2.26. The molecule has 1 N–H and O–H groups in total. The molecule has 1 aliphatic rings. The fraction of sp³-hybridized carbons (Fsp3) is 0.529. The quantitative estimate of drug-likeness (QED) is 0.807. The smallest absolute Gasteiger partial charge is 0.231 e. The van der Waals surface area contributed by atoms with E-state index in [1.807, 2.05) is 18.2 Å². The van der Waals surface area contributed by atoms with Crippen LogP contribution in [0.4, 0.5) is 0 Å². The molecule has 1 aromatic carbocycles. The van der Waals surface area contributed by atoms with E-state index in [9.17, 15) is 0 Å². The predicted molar refractivity (Wildman–Crippen MR) is 90.0 cm³/mol. The number of aromatic nitrogens is 2. The van der Waals surface area contributed by atoms with Gasteiger partial charge in [-0.15, -0.1) is 0 Å². The fourth-order valence-corrected chi connectivity index (χ4v) is 2.87. The van der Waals surface area contributed by atoms with Crippen molar-refractivity contribution in [1.82, 2.24) is 15.5 Å². The molecule has 3 rings (SSSR count). The minimum atomic E-state index is 0.286. The van der Waals surface area contributed by atoms with Crippen LogP contribution in [0.1, 0.15) is 44.4 Å². The first-order valence-electron chi connectivity index (χ1n) is 8.25. The number of unbranched alkanes of at least 4 members (excludes halogenated alkanes) is 1. The van der Waals surface area contributed by atoms with Crippen molar-refractivity contribution >= 4 is 11.6 Å². The van der Waals surface area contributed by atoms with Crippen LogP contribution in [-0.2, 0) is 0 Å². The maximum absolute atomic E-state index is 6.13. The van der Waals surface area contributed by atoms with E-state index in [4.69, 9.17) is 20.9 Å². The Labute approximate surface area is 141 Å². The van der Waals surface area contributed by atoms with Gasteiger partial charge in [0.05, 0.1) is 18.1 Å². The molecule has 0 radical (unpaired) electrons. The molecular formula is C17H22ClN3O2. The summed E-state index contributed by atoms with van der Waals surface area (Å²) in [4.78, 5) is 4.58. The Hall–Kier alpha value is -1.59. The molecule has 0 saturated carbocycles. The van der Waals surface area contributed by atoms with Crippen molar-refractivity contribution in [2.75, 3.05) is 19.7 Å². The summed E-state index contributed by atoms with van der Waals surface area (Å²) in [6.45, 7) is 4.75. The molecule has 23 heavy (non-hydrogen) atoms. The summed E-state index contributed by atoms with van der Waals surface area (Å²) in [6.07, 6.45) is 4.30. The standard InChI is InChI=1S/C17H22ClN3O2/c1-2-3-9-22-15-7-6-13(18)10-14(15)16-20-17(23-21-16)12-5-4-8-19-11-12/h6-7,10,12,19H,2-5,8-9,11H2,1H3/t12-/m1/s1. The molecule has 0 bridgehead atoms. The molecule has 0 aliphatic carbocycles. The molecule has 1 fully saturated rings. The number of halogens is 1. The van der Waals surface area contributed by atoms with E-state index in [1.54, 1.807) is 0 Å². The van der Waals surface area contributed by atoms with E-state index in [0.29, 0.717) is 23.3 Å². The van der Waals surface area contributed by atoms with Crippen LogP contribution in [0.2, 0.25) is 5.02 Å². The summed E-state index contributed by atoms with van der Waals surface area (Å²) in [5, 5.41) is 8.14. The third-order valence-electron chi connectivity index (χ3n) is 4.03. The third-order valence-corrected chi connectivity index (χ3v) is 4.26. The molecule has 5 nitrogen and oxygen atoms in total. The van der Waals surface area contributed by atoms with Gasteiger partial charge in [0.2, 0.25) is 11.7 Å². The van der Waals surface area contributed by atoms with Gasteiger partial charge in [-0.1, -0.05) is 30.1 Å². The van der Waals surface area contributed by atoms with Crippen molar-refractivity contribution in [1.29, 1.82) is 0 Å². The molecule has 0 unspecified atom stereocenters. The molecule has 6 heteroatoms. The largest absolute Gasteiger partial charge is 0.493 e. The topological polar surface area (TPSA) is 60.2 Å². The zero-order valence-corrected chi connectivity index (χ0v) is 14.1. The second kappa shape index (κ2) is 7.79. The van der Waals surface area contributed by atoms with Crippen molar-refractivity contribution in [3.8, 4) is 17.1 Å². The van der Waals surface area contributed by atoms with E-state index in [-0.39, 0.29) is 5.92 Å². The van der Waals surface area contributed by atoms with Crippen LogP contribution in [0.5, 0.6) is 5.75 Å². The molecule has 1 saturated heterocycles. The lowest BCUT2D eigenvalue weighted by Gasteiger charge is -2.18. The van der Waals surface area contributed by atoms with E-state index < -0.39 is 0 Å². The molecule has 1 aromatic heterocycles. The Bertz CT molecular complexity index is 639. The average Bonchev–Trinajstić information content (AvgIpc) is 3.07. The zero-order chi connectivity index (χ0) is 16.1. The molecule has 1 aliphatic heterocycles. The lowest BCUT2D eigenvalue weighted by molar-refractivity contribution is 0.309. The Kier molecular flexibility index (Phi) is 5.51. The van der Waals surface area contributed by atoms with Gasteiger partial charge < -0.3 is 14.6 Å². The minimum Gasteiger partial charge on any atom is -0.493 e. The maximum atomic E-state index is 6.13. The van der Waals surface area contributed by atoms with Gasteiger partial charge in [-0.05, 0) is 44.0 Å². The molecule has 0 amide bonds. The number of nitrogens with zero attached hydrogens (tertiary/aromatic N) is 2. The first-order valence-corrected chi connectivity index (χ1v) is 8.62. The lowest BCUT2D eigenvalue weighted by atomic mass is 10.00. The maximum Gasteiger partial charge on any atom is 0.231 e. The summed E-state index contributed by atoms with van der Waals surface area (Å²) in [6, 6.07) is 5.51. The molecule has 1 atom stereocenters. The van der Waals surface area contributed by atoms with Gasteiger partial charge in [0, 0.05) is 11.6 Å². The first kappa shape index (κ1) is 16.3. The molecular weight excluding hydrogens is 314 g/mol. The number of benzene rings is 1. The zero-order valence-electron chi connectivity index (χ0n) is 13.3. The number of hydrogen-bond acceptors (Lipinski definition) is 5. The number of hydrogen-bond donors (Lipinski definition) is 1. The molecule has 124 valence electrons. The van der Waals surface area contributed by atoms with Gasteiger partial charge in [0.25, 0.3) is 0 Å². The highest BCUT2D eigenvalue weighted by Crippen LogP contribution is 2.32. The van der Waals surface area contributed by atoms with Crippen molar-refractivity contribution in [3.05, 3.63) is 29.1 Å². The Balaban J connectivity index is 1.82. The van der Waals surface area contributed by atoms with Gasteiger partial charge in [0.15, 0.2) is 0 Å².